The molecule has 8 heteroatoms. The molecule has 2 N–H and O–H groups in total. The van der Waals surface area contributed by atoms with Gasteiger partial charge in [0, 0.05) is 43.5 Å². The molecule has 1 atom stereocenters. The van der Waals surface area contributed by atoms with Crippen LogP contribution in [0.4, 0.5) is 11.4 Å². The maximum atomic E-state index is 12.6. The van der Waals surface area contributed by atoms with Crippen molar-refractivity contribution >= 4 is 27.3 Å². The highest BCUT2D eigenvalue weighted by Gasteiger charge is 2.33. The predicted octanol–water partition coefficient (Wildman–Crippen LogP) is 3.55. The number of rotatable bonds is 11. The van der Waals surface area contributed by atoms with Gasteiger partial charge in [-0.15, -0.1) is 0 Å². The number of amides is 1. The van der Waals surface area contributed by atoms with E-state index in [1.165, 1.54) is 4.31 Å². The monoisotopic (exact) mass is 439 g/mol. The topological polar surface area (TPSA) is 87.7 Å². The molecule has 0 radical (unpaired) electrons. The van der Waals surface area contributed by atoms with E-state index in [-0.39, 0.29) is 17.1 Å². The fourth-order valence-electron chi connectivity index (χ4n) is 3.34. The Balaban J connectivity index is 1.76. The van der Waals surface area contributed by atoms with E-state index in [0.29, 0.717) is 44.9 Å². The van der Waals surface area contributed by atoms with Crippen LogP contribution in [0.15, 0.2) is 24.3 Å². The Morgan fingerprint density at radius 3 is 2.30 bits per heavy atom. The Labute approximate surface area is 181 Å². The Morgan fingerprint density at radius 1 is 1.13 bits per heavy atom. The molecule has 1 amide bonds. The molecule has 170 valence electrons. The standard InChI is InChI=1S/C22H37N3O4S/c1-5-18(4)30(27,28)25-13-10-19(11-14-25)22(26)24-21-8-6-20(7-9-21)23-12-15-29-16-17(2)3/h6-9,17-19,23H,5,10-16H2,1-4H3,(H,24,26). The minimum Gasteiger partial charge on any atom is -0.383 e. The van der Waals surface area contributed by atoms with Gasteiger partial charge in [-0.05, 0) is 56.4 Å². The summed E-state index contributed by atoms with van der Waals surface area (Å²) in [6.45, 7) is 10.8. The molecule has 0 spiro atoms. The van der Waals surface area contributed by atoms with Crippen molar-refractivity contribution in [2.24, 2.45) is 11.8 Å². The van der Waals surface area contributed by atoms with Crippen LogP contribution in [0.3, 0.4) is 0 Å². The number of piperidine rings is 1. The van der Waals surface area contributed by atoms with E-state index in [1.807, 2.05) is 31.2 Å². The molecule has 0 aliphatic carbocycles. The molecule has 1 saturated heterocycles. The highest BCUT2D eigenvalue weighted by Crippen LogP contribution is 2.24. The van der Waals surface area contributed by atoms with Gasteiger partial charge >= 0.3 is 0 Å². The van der Waals surface area contributed by atoms with Gasteiger partial charge in [-0.2, -0.15) is 0 Å². The summed E-state index contributed by atoms with van der Waals surface area (Å²) in [6.07, 6.45) is 1.70. The Kier molecular flexibility index (Phi) is 9.58. The molecule has 0 saturated carbocycles. The maximum absolute atomic E-state index is 12.6. The van der Waals surface area contributed by atoms with E-state index < -0.39 is 10.0 Å². The van der Waals surface area contributed by atoms with Gasteiger partial charge in [0.2, 0.25) is 15.9 Å². The quantitative estimate of drug-likeness (QED) is 0.515. The lowest BCUT2D eigenvalue weighted by atomic mass is 9.97. The van der Waals surface area contributed by atoms with Crippen LogP contribution >= 0.6 is 0 Å². The Morgan fingerprint density at radius 2 is 1.73 bits per heavy atom. The molecule has 0 aromatic heterocycles. The summed E-state index contributed by atoms with van der Waals surface area (Å²) < 4.78 is 32.0. The van der Waals surface area contributed by atoms with Gasteiger partial charge < -0.3 is 15.4 Å². The van der Waals surface area contributed by atoms with Crippen LogP contribution in [-0.4, -0.2) is 56.7 Å². The molecule has 7 nitrogen and oxygen atoms in total. The first-order valence-corrected chi connectivity index (χ1v) is 12.5. The largest absolute Gasteiger partial charge is 0.383 e. The first-order chi connectivity index (χ1) is 14.2. The summed E-state index contributed by atoms with van der Waals surface area (Å²) in [5, 5.41) is 5.87. The van der Waals surface area contributed by atoms with Crippen molar-refractivity contribution in [3.63, 3.8) is 0 Å². The van der Waals surface area contributed by atoms with Crippen molar-refractivity contribution in [2.75, 3.05) is 43.5 Å². The third-order valence-corrected chi connectivity index (χ3v) is 7.88. The van der Waals surface area contributed by atoms with E-state index >= 15 is 0 Å². The summed E-state index contributed by atoms with van der Waals surface area (Å²) in [4.78, 5) is 12.6. The zero-order valence-corrected chi connectivity index (χ0v) is 19.5. The predicted molar refractivity (Wildman–Crippen MR) is 122 cm³/mol. The van der Waals surface area contributed by atoms with Crippen molar-refractivity contribution < 1.29 is 17.9 Å². The Bertz CT molecular complexity index is 757. The highest BCUT2D eigenvalue weighted by atomic mass is 32.2. The zero-order chi connectivity index (χ0) is 22.1. The van der Waals surface area contributed by atoms with Gasteiger partial charge in [0.05, 0.1) is 11.9 Å². The van der Waals surface area contributed by atoms with E-state index in [2.05, 4.69) is 24.5 Å². The molecule has 30 heavy (non-hydrogen) atoms. The lowest BCUT2D eigenvalue weighted by Crippen LogP contribution is -2.44. The minimum absolute atomic E-state index is 0.0432. The molecule has 1 unspecified atom stereocenters. The number of carbonyl (C=O) groups excluding carboxylic acids is 1. The van der Waals surface area contributed by atoms with Gasteiger partial charge in [0.15, 0.2) is 0 Å². The van der Waals surface area contributed by atoms with Crippen molar-refractivity contribution in [3.05, 3.63) is 24.3 Å². The SMILES string of the molecule is CCC(C)S(=O)(=O)N1CCC(C(=O)Nc2ccc(NCCOCC(C)C)cc2)CC1. The van der Waals surface area contributed by atoms with Crippen molar-refractivity contribution in [1.29, 1.82) is 0 Å². The summed E-state index contributed by atoms with van der Waals surface area (Å²) in [7, 11) is -3.26. The number of carbonyl (C=O) groups is 1. The third kappa shape index (κ3) is 7.25. The second-order valence-electron chi connectivity index (χ2n) is 8.40. The summed E-state index contributed by atoms with van der Waals surface area (Å²) >= 11 is 0. The van der Waals surface area contributed by atoms with Crippen molar-refractivity contribution in [3.8, 4) is 0 Å². The van der Waals surface area contributed by atoms with Gasteiger partial charge in [-0.1, -0.05) is 20.8 Å². The maximum Gasteiger partial charge on any atom is 0.227 e. The van der Waals surface area contributed by atoms with Crippen molar-refractivity contribution in [2.45, 2.75) is 52.2 Å². The molecule has 2 rings (SSSR count). The lowest BCUT2D eigenvalue weighted by molar-refractivity contribution is -0.120. The molecular formula is C22H37N3O4S. The van der Waals surface area contributed by atoms with Crippen molar-refractivity contribution in [1.82, 2.24) is 4.31 Å². The number of hydrogen-bond acceptors (Lipinski definition) is 5. The fourth-order valence-corrected chi connectivity index (χ4v) is 4.99. The summed E-state index contributed by atoms with van der Waals surface area (Å²) in [5.74, 6) is 0.326. The van der Waals surface area contributed by atoms with E-state index in [1.54, 1.807) is 6.92 Å². The number of hydrogen-bond donors (Lipinski definition) is 2. The normalized spacial score (nSPS) is 17.1. The molecule has 1 fully saturated rings. The Hall–Kier alpha value is -1.64. The lowest BCUT2D eigenvalue weighted by Gasteiger charge is -2.32. The van der Waals surface area contributed by atoms with Crippen LogP contribution in [0.25, 0.3) is 0 Å². The summed E-state index contributed by atoms with van der Waals surface area (Å²) in [5.41, 5.74) is 1.72. The highest BCUT2D eigenvalue weighted by molar-refractivity contribution is 7.89. The molecule has 0 bridgehead atoms. The number of ether oxygens (including phenoxy) is 1. The fraction of sp³-hybridized carbons (Fsp3) is 0.682. The van der Waals surface area contributed by atoms with Gasteiger partial charge in [-0.3, -0.25) is 4.79 Å². The zero-order valence-electron chi connectivity index (χ0n) is 18.7. The second-order valence-corrected chi connectivity index (χ2v) is 10.8. The third-order valence-electron chi connectivity index (χ3n) is 5.45. The molecular weight excluding hydrogens is 402 g/mol. The average molecular weight is 440 g/mol. The number of nitrogens with zero attached hydrogens (tertiary/aromatic N) is 1. The van der Waals surface area contributed by atoms with Gasteiger partial charge in [-0.25, -0.2) is 12.7 Å². The molecule has 1 aliphatic heterocycles. The first-order valence-electron chi connectivity index (χ1n) is 11.0. The van der Waals surface area contributed by atoms with Crippen LogP contribution in [0, 0.1) is 11.8 Å². The molecule has 1 heterocycles. The molecule has 1 aromatic rings. The van der Waals surface area contributed by atoms with Crippen LogP contribution in [0.5, 0.6) is 0 Å². The summed E-state index contributed by atoms with van der Waals surface area (Å²) in [6, 6.07) is 7.61. The van der Waals surface area contributed by atoms with Crippen LogP contribution < -0.4 is 10.6 Å². The number of nitrogens with one attached hydrogen (secondary N) is 2. The number of benzene rings is 1. The smallest absolute Gasteiger partial charge is 0.227 e. The van der Waals surface area contributed by atoms with Crippen LogP contribution in [0.1, 0.15) is 47.0 Å². The minimum atomic E-state index is -3.26. The van der Waals surface area contributed by atoms with Gasteiger partial charge in [0.25, 0.3) is 0 Å². The van der Waals surface area contributed by atoms with E-state index in [0.717, 1.165) is 24.5 Å². The second kappa shape index (κ2) is 11.7. The number of sulfonamides is 1. The van der Waals surface area contributed by atoms with E-state index in [4.69, 9.17) is 4.74 Å². The average Bonchev–Trinajstić information content (AvgIpc) is 2.73. The van der Waals surface area contributed by atoms with E-state index in [9.17, 15) is 13.2 Å². The van der Waals surface area contributed by atoms with Crippen LogP contribution in [0.2, 0.25) is 0 Å². The van der Waals surface area contributed by atoms with Crippen LogP contribution in [-0.2, 0) is 19.6 Å². The molecule has 1 aliphatic rings. The number of anilines is 2. The van der Waals surface area contributed by atoms with Gasteiger partial charge in [0.1, 0.15) is 0 Å². The molecule has 1 aromatic carbocycles. The first kappa shape index (κ1) is 24.6.